The largest absolute Gasteiger partial charge is 0.352 e. The maximum Gasteiger partial charge on any atom is 0.234 e. The Balaban J connectivity index is 1.59. The Morgan fingerprint density at radius 3 is 2.89 bits per heavy atom. The van der Waals surface area contributed by atoms with Crippen LogP contribution in [0, 0.1) is 5.92 Å². The van der Waals surface area contributed by atoms with E-state index in [1.54, 1.807) is 11.8 Å². The lowest BCUT2D eigenvalue weighted by atomic mass is 10.1. The predicted octanol–water partition coefficient (Wildman–Crippen LogP) is 3.01. The summed E-state index contributed by atoms with van der Waals surface area (Å²) in [4.78, 5) is 13.5. The second-order valence-corrected chi connectivity index (χ2v) is 6.79. The third-order valence-electron chi connectivity index (χ3n) is 3.98. The number of rotatable bonds is 2. The molecular weight excluding hydrogens is 242 g/mol. The molecular formula is C15H19NOS. The lowest BCUT2D eigenvalue weighted by Crippen LogP contribution is -2.38. The molecule has 0 spiro atoms. The zero-order valence-electron chi connectivity index (χ0n) is 10.7. The number of thioether (sulfide) groups is 1. The molecule has 1 aliphatic heterocycles. The minimum Gasteiger partial charge on any atom is -0.352 e. The van der Waals surface area contributed by atoms with Gasteiger partial charge >= 0.3 is 0 Å². The van der Waals surface area contributed by atoms with Crippen LogP contribution in [0.4, 0.5) is 0 Å². The van der Waals surface area contributed by atoms with Crippen molar-refractivity contribution in [3.63, 3.8) is 0 Å². The van der Waals surface area contributed by atoms with E-state index in [2.05, 4.69) is 30.4 Å². The summed E-state index contributed by atoms with van der Waals surface area (Å²) in [7, 11) is 0. The smallest absolute Gasteiger partial charge is 0.234 e. The fourth-order valence-electron chi connectivity index (χ4n) is 2.96. The Bertz CT molecular complexity index is 435. The number of hydrogen-bond donors (Lipinski definition) is 1. The second-order valence-electron chi connectivity index (χ2n) is 5.54. The van der Waals surface area contributed by atoms with Crippen LogP contribution in [0.5, 0.6) is 0 Å². The highest BCUT2D eigenvalue weighted by Gasteiger charge is 2.30. The maximum absolute atomic E-state index is 12.2. The van der Waals surface area contributed by atoms with Gasteiger partial charge in [-0.3, -0.25) is 4.79 Å². The first-order chi connectivity index (χ1) is 8.72. The van der Waals surface area contributed by atoms with Gasteiger partial charge in [-0.1, -0.05) is 25.1 Å². The van der Waals surface area contributed by atoms with E-state index >= 15 is 0 Å². The fourth-order valence-corrected chi connectivity index (χ4v) is 4.17. The normalized spacial score (nSPS) is 30.2. The molecule has 96 valence electrons. The van der Waals surface area contributed by atoms with Crippen LogP contribution in [0.3, 0.4) is 0 Å². The summed E-state index contributed by atoms with van der Waals surface area (Å²) in [6.45, 7) is 2.27. The Hall–Kier alpha value is -0.960. The van der Waals surface area contributed by atoms with Crippen LogP contribution in [-0.2, 0) is 11.2 Å². The lowest BCUT2D eigenvalue weighted by Gasteiger charge is -2.15. The van der Waals surface area contributed by atoms with Crippen molar-refractivity contribution >= 4 is 17.7 Å². The van der Waals surface area contributed by atoms with Gasteiger partial charge in [0.2, 0.25) is 5.91 Å². The van der Waals surface area contributed by atoms with Crippen LogP contribution < -0.4 is 5.32 Å². The molecule has 0 aromatic heterocycles. The molecule has 3 unspecified atom stereocenters. The van der Waals surface area contributed by atoms with Crippen molar-refractivity contribution < 1.29 is 4.79 Å². The maximum atomic E-state index is 12.2. The van der Waals surface area contributed by atoms with Crippen molar-refractivity contribution in [1.82, 2.24) is 5.32 Å². The third-order valence-corrected chi connectivity index (χ3v) is 5.30. The summed E-state index contributed by atoms with van der Waals surface area (Å²) in [6.07, 6.45) is 4.44. The molecule has 3 rings (SSSR count). The van der Waals surface area contributed by atoms with E-state index < -0.39 is 0 Å². The fraction of sp³-hybridized carbons (Fsp3) is 0.533. The van der Waals surface area contributed by atoms with Crippen molar-refractivity contribution in [2.24, 2.45) is 5.92 Å². The van der Waals surface area contributed by atoms with Crippen LogP contribution in [-0.4, -0.2) is 17.2 Å². The zero-order valence-corrected chi connectivity index (χ0v) is 11.5. The summed E-state index contributed by atoms with van der Waals surface area (Å²) in [5, 5.41) is 3.31. The Kier molecular flexibility index (Phi) is 3.33. The third kappa shape index (κ3) is 2.41. The van der Waals surface area contributed by atoms with Gasteiger partial charge < -0.3 is 5.32 Å². The highest BCUT2D eigenvalue weighted by Crippen LogP contribution is 2.37. The molecule has 18 heavy (non-hydrogen) atoms. The lowest BCUT2D eigenvalue weighted by molar-refractivity contribution is -0.121. The van der Waals surface area contributed by atoms with Crippen molar-refractivity contribution in [3.8, 4) is 0 Å². The highest BCUT2D eigenvalue weighted by atomic mass is 32.2. The first-order valence-corrected chi connectivity index (χ1v) is 7.65. The molecule has 1 N–H and O–H groups in total. The molecule has 1 aromatic rings. The number of amides is 1. The van der Waals surface area contributed by atoms with E-state index in [4.69, 9.17) is 0 Å². The van der Waals surface area contributed by atoms with Gasteiger partial charge in [-0.2, -0.15) is 0 Å². The molecule has 2 nitrogen and oxygen atoms in total. The van der Waals surface area contributed by atoms with Crippen molar-refractivity contribution in [2.45, 2.75) is 48.8 Å². The molecule has 1 saturated carbocycles. The average molecular weight is 261 g/mol. The summed E-state index contributed by atoms with van der Waals surface area (Å²) < 4.78 is 0. The predicted molar refractivity (Wildman–Crippen MR) is 74.7 cm³/mol. The van der Waals surface area contributed by atoms with Gasteiger partial charge in [0.25, 0.3) is 0 Å². The number of carbonyl (C=O) groups excluding carboxylic acids is 1. The first kappa shape index (κ1) is 12.1. The van der Waals surface area contributed by atoms with E-state index in [1.165, 1.54) is 16.9 Å². The molecule has 1 fully saturated rings. The van der Waals surface area contributed by atoms with Gasteiger partial charge in [-0.05, 0) is 43.2 Å². The van der Waals surface area contributed by atoms with Gasteiger partial charge in [0.1, 0.15) is 0 Å². The molecule has 1 amide bonds. The van der Waals surface area contributed by atoms with E-state index in [0.29, 0.717) is 6.04 Å². The van der Waals surface area contributed by atoms with Gasteiger partial charge in [-0.15, -0.1) is 11.8 Å². The Morgan fingerprint density at radius 1 is 1.33 bits per heavy atom. The summed E-state index contributed by atoms with van der Waals surface area (Å²) in [6, 6.07) is 8.76. The number of benzene rings is 1. The first-order valence-electron chi connectivity index (χ1n) is 6.77. The molecule has 0 radical (unpaired) electrons. The zero-order chi connectivity index (χ0) is 12.5. The summed E-state index contributed by atoms with van der Waals surface area (Å²) in [5.74, 6) is 0.999. The highest BCUT2D eigenvalue weighted by molar-refractivity contribution is 8.01. The van der Waals surface area contributed by atoms with Crippen LogP contribution in [0.1, 0.15) is 31.7 Å². The van der Waals surface area contributed by atoms with Gasteiger partial charge in [0.05, 0.1) is 5.25 Å². The average Bonchev–Trinajstić information content (AvgIpc) is 2.95. The number of fused-ring (bicyclic) bond motifs is 1. The van der Waals surface area contributed by atoms with Gasteiger partial charge in [0, 0.05) is 10.9 Å². The minimum absolute atomic E-state index is 0.0818. The molecule has 1 heterocycles. The number of nitrogens with one attached hydrogen (secondary N) is 1. The molecule has 0 saturated heterocycles. The van der Waals surface area contributed by atoms with Crippen molar-refractivity contribution in [2.75, 3.05) is 0 Å². The topological polar surface area (TPSA) is 29.1 Å². The summed E-state index contributed by atoms with van der Waals surface area (Å²) >= 11 is 1.72. The second kappa shape index (κ2) is 4.96. The van der Waals surface area contributed by atoms with Gasteiger partial charge in [0.15, 0.2) is 0 Å². The monoisotopic (exact) mass is 261 g/mol. The SMILES string of the molecule is CC1CCC(NC(=O)C2Cc3ccccc3S2)C1. The number of hydrogen-bond acceptors (Lipinski definition) is 2. The van der Waals surface area contributed by atoms with E-state index in [1.807, 2.05) is 6.07 Å². The van der Waals surface area contributed by atoms with Crippen molar-refractivity contribution in [3.05, 3.63) is 29.8 Å². The van der Waals surface area contributed by atoms with Crippen LogP contribution in [0.2, 0.25) is 0 Å². The molecule has 3 atom stereocenters. The summed E-state index contributed by atoms with van der Waals surface area (Å²) in [5.41, 5.74) is 1.32. The Morgan fingerprint density at radius 2 is 2.17 bits per heavy atom. The standard InChI is InChI=1S/C15H19NOS/c1-10-6-7-12(8-10)16-15(17)14-9-11-4-2-3-5-13(11)18-14/h2-5,10,12,14H,6-9H2,1H3,(H,16,17). The quantitative estimate of drug-likeness (QED) is 0.886. The van der Waals surface area contributed by atoms with Crippen LogP contribution >= 0.6 is 11.8 Å². The minimum atomic E-state index is 0.0818. The molecule has 1 aliphatic carbocycles. The van der Waals surface area contributed by atoms with E-state index in [9.17, 15) is 4.79 Å². The number of carbonyl (C=O) groups is 1. The van der Waals surface area contributed by atoms with Crippen molar-refractivity contribution in [1.29, 1.82) is 0 Å². The van der Waals surface area contributed by atoms with E-state index in [0.717, 1.165) is 25.2 Å². The Labute approximate surface area is 113 Å². The van der Waals surface area contributed by atoms with Crippen LogP contribution in [0.25, 0.3) is 0 Å². The van der Waals surface area contributed by atoms with Gasteiger partial charge in [-0.25, -0.2) is 0 Å². The molecule has 0 bridgehead atoms. The molecule has 1 aromatic carbocycles. The van der Waals surface area contributed by atoms with Crippen LogP contribution in [0.15, 0.2) is 29.2 Å². The molecule has 3 heteroatoms. The van der Waals surface area contributed by atoms with E-state index in [-0.39, 0.29) is 11.2 Å². The molecule has 2 aliphatic rings.